The second kappa shape index (κ2) is 9.67. The fraction of sp³-hybridized carbons (Fsp3) is 0.600. The van der Waals surface area contributed by atoms with Crippen molar-refractivity contribution >= 4 is 29.1 Å². The zero-order valence-electron chi connectivity index (χ0n) is 16.3. The summed E-state index contributed by atoms with van der Waals surface area (Å²) in [5, 5.41) is 2.99. The number of hydrogen-bond acceptors (Lipinski definition) is 4. The molecule has 2 saturated heterocycles. The molecule has 8 heteroatoms. The number of carbonyl (C=O) groups excluding carboxylic acids is 2. The molecule has 3 rings (SSSR count). The number of amides is 2. The molecule has 0 aromatic heterocycles. The lowest BCUT2D eigenvalue weighted by atomic mass is 10.1. The quantitative estimate of drug-likeness (QED) is 0.810. The summed E-state index contributed by atoms with van der Waals surface area (Å²) in [5.41, 5.74) is 0.0927. The van der Waals surface area contributed by atoms with E-state index in [2.05, 4.69) is 15.1 Å². The van der Waals surface area contributed by atoms with Crippen molar-refractivity contribution in [2.45, 2.75) is 32.2 Å². The second-order valence-corrected chi connectivity index (χ2v) is 7.98. The van der Waals surface area contributed by atoms with Gasteiger partial charge in [-0.25, -0.2) is 4.39 Å². The van der Waals surface area contributed by atoms with Gasteiger partial charge >= 0.3 is 0 Å². The van der Waals surface area contributed by atoms with E-state index in [0.29, 0.717) is 24.7 Å². The first-order chi connectivity index (χ1) is 13.4. The molecule has 1 unspecified atom stereocenters. The first kappa shape index (κ1) is 21.0. The molecule has 28 heavy (non-hydrogen) atoms. The minimum absolute atomic E-state index is 0.0927. The van der Waals surface area contributed by atoms with Crippen LogP contribution in [0.15, 0.2) is 18.2 Å². The van der Waals surface area contributed by atoms with E-state index in [4.69, 9.17) is 11.6 Å². The maximum Gasteiger partial charge on any atom is 0.241 e. The Hall–Kier alpha value is -1.70. The lowest BCUT2D eigenvalue weighted by Crippen LogP contribution is -2.54. The number of carbonyl (C=O) groups is 2. The summed E-state index contributed by atoms with van der Waals surface area (Å²) < 4.78 is 13.8. The molecular formula is C20H28ClFN4O2. The minimum atomic E-state index is -0.508. The van der Waals surface area contributed by atoms with Crippen LogP contribution in [0, 0.1) is 5.82 Å². The highest BCUT2D eigenvalue weighted by atomic mass is 35.5. The van der Waals surface area contributed by atoms with Crippen molar-refractivity contribution in [1.29, 1.82) is 0 Å². The number of piperidine rings is 1. The van der Waals surface area contributed by atoms with Crippen LogP contribution in [0.3, 0.4) is 0 Å². The number of rotatable bonds is 5. The van der Waals surface area contributed by atoms with Crippen molar-refractivity contribution in [2.24, 2.45) is 0 Å². The molecule has 1 atom stereocenters. The normalized spacial score (nSPS) is 20.0. The SMILES string of the molecule is CC(C(=O)Nc1cc(Cl)ccc1F)N1CCN(CC(=O)N2CCCCC2)CC1. The van der Waals surface area contributed by atoms with Crippen molar-refractivity contribution in [2.75, 3.05) is 51.1 Å². The Kier molecular flexibility index (Phi) is 7.26. The number of nitrogens with zero attached hydrogens (tertiary/aromatic N) is 3. The van der Waals surface area contributed by atoms with Crippen LogP contribution < -0.4 is 5.32 Å². The van der Waals surface area contributed by atoms with E-state index < -0.39 is 11.9 Å². The summed E-state index contributed by atoms with van der Waals surface area (Å²) in [7, 11) is 0. The molecule has 0 aliphatic carbocycles. The minimum Gasteiger partial charge on any atom is -0.342 e. The van der Waals surface area contributed by atoms with Crippen LogP contribution in [-0.2, 0) is 9.59 Å². The van der Waals surface area contributed by atoms with Crippen LogP contribution in [0.5, 0.6) is 0 Å². The summed E-state index contributed by atoms with van der Waals surface area (Å²) in [5.74, 6) is -0.569. The second-order valence-electron chi connectivity index (χ2n) is 7.54. The van der Waals surface area contributed by atoms with E-state index >= 15 is 0 Å². The molecule has 2 fully saturated rings. The molecule has 0 radical (unpaired) electrons. The Morgan fingerprint density at radius 3 is 2.46 bits per heavy atom. The molecule has 154 valence electrons. The van der Waals surface area contributed by atoms with E-state index in [9.17, 15) is 14.0 Å². The average Bonchev–Trinajstić information content (AvgIpc) is 2.71. The van der Waals surface area contributed by atoms with Gasteiger partial charge in [-0.2, -0.15) is 0 Å². The van der Waals surface area contributed by atoms with Gasteiger partial charge in [-0.05, 0) is 44.4 Å². The van der Waals surface area contributed by atoms with E-state index in [-0.39, 0.29) is 17.5 Å². The van der Waals surface area contributed by atoms with Crippen molar-refractivity contribution in [3.63, 3.8) is 0 Å². The molecule has 2 heterocycles. The molecule has 0 bridgehead atoms. The summed E-state index contributed by atoms with van der Waals surface area (Å²) in [4.78, 5) is 31.1. The fourth-order valence-corrected chi connectivity index (χ4v) is 3.91. The van der Waals surface area contributed by atoms with Crippen LogP contribution in [0.1, 0.15) is 26.2 Å². The molecule has 2 aliphatic heterocycles. The molecule has 1 N–H and O–H groups in total. The zero-order valence-corrected chi connectivity index (χ0v) is 17.1. The summed E-state index contributed by atoms with van der Waals surface area (Å²) in [6.07, 6.45) is 3.40. The predicted molar refractivity (Wildman–Crippen MR) is 108 cm³/mol. The smallest absolute Gasteiger partial charge is 0.241 e. The predicted octanol–water partition coefficient (Wildman–Crippen LogP) is 2.44. The van der Waals surface area contributed by atoms with E-state index in [1.165, 1.54) is 24.6 Å². The van der Waals surface area contributed by atoms with Gasteiger partial charge in [-0.15, -0.1) is 0 Å². The number of likely N-dealkylation sites (tertiary alicyclic amines) is 1. The van der Waals surface area contributed by atoms with Gasteiger partial charge in [0.05, 0.1) is 18.3 Å². The van der Waals surface area contributed by atoms with E-state index in [1.54, 1.807) is 0 Å². The van der Waals surface area contributed by atoms with Gasteiger partial charge in [0.2, 0.25) is 11.8 Å². The number of benzene rings is 1. The summed E-state index contributed by atoms with van der Waals surface area (Å²) in [6.45, 7) is 6.87. The Labute approximate surface area is 170 Å². The summed E-state index contributed by atoms with van der Waals surface area (Å²) >= 11 is 5.88. The Bertz CT molecular complexity index is 703. The lowest BCUT2D eigenvalue weighted by molar-refractivity contribution is -0.134. The number of anilines is 1. The van der Waals surface area contributed by atoms with Crippen molar-refractivity contribution in [1.82, 2.24) is 14.7 Å². The molecule has 0 saturated carbocycles. The van der Waals surface area contributed by atoms with Crippen LogP contribution >= 0.6 is 11.6 Å². The molecule has 1 aromatic carbocycles. The molecular weight excluding hydrogens is 383 g/mol. The number of hydrogen-bond donors (Lipinski definition) is 1. The monoisotopic (exact) mass is 410 g/mol. The van der Waals surface area contributed by atoms with Crippen molar-refractivity contribution < 1.29 is 14.0 Å². The van der Waals surface area contributed by atoms with E-state index in [0.717, 1.165) is 39.0 Å². The molecule has 0 spiro atoms. The highest BCUT2D eigenvalue weighted by molar-refractivity contribution is 6.30. The third-order valence-electron chi connectivity index (χ3n) is 5.59. The number of nitrogens with one attached hydrogen (secondary N) is 1. The Morgan fingerprint density at radius 2 is 1.79 bits per heavy atom. The summed E-state index contributed by atoms with van der Waals surface area (Å²) in [6, 6.07) is 3.70. The van der Waals surface area contributed by atoms with E-state index in [1.807, 2.05) is 11.8 Å². The molecule has 2 aliphatic rings. The van der Waals surface area contributed by atoms with Crippen molar-refractivity contribution in [3.8, 4) is 0 Å². The third kappa shape index (κ3) is 5.43. The molecule has 2 amide bonds. The van der Waals surface area contributed by atoms with Gasteiger partial charge in [0.1, 0.15) is 5.82 Å². The number of halogens is 2. The van der Waals surface area contributed by atoms with Gasteiger partial charge < -0.3 is 10.2 Å². The molecule has 6 nitrogen and oxygen atoms in total. The van der Waals surface area contributed by atoms with Gasteiger partial charge in [0.25, 0.3) is 0 Å². The van der Waals surface area contributed by atoms with Crippen LogP contribution in [0.2, 0.25) is 5.02 Å². The Morgan fingerprint density at radius 1 is 1.11 bits per heavy atom. The van der Waals surface area contributed by atoms with Gasteiger partial charge in [-0.3, -0.25) is 19.4 Å². The third-order valence-corrected chi connectivity index (χ3v) is 5.82. The van der Waals surface area contributed by atoms with Crippen LogP contribution in [-0.4, -0.2) is 78.4 Å². The average molecular weight is 411 g/mol. The standard InChI is InChI=1S/C20H28ClFN4O2/c1-15(20(28)23-18-13-16(21)5-6-17(18)22)25-11-9-24(10-12-25)14-19(27)26-7-3-2-4-8-26/h5-6,13,15H,2-4,7-12,14H2,1H3,(H,23,28). The highest BCUT2D eigenvalue weighted by Gasteiger charge is 2.28. The largest absolute Gasteiger partial charge is 0.342 e. The van der Waals surface area contributed by atoms with Gasteiger partial charge in [0.15, 0.2) is 0 Å². The maximum absolute atomic E-state index is 13.8. The Balaban J connectivity index is 1.46. The topological polar surface area (TPSA) is 55.9 Å². The maximum atomic E-state index is 13.8. The fourth-order valence-electron chi connectivity index (χ4n) is 3.74. The number of piperazine rings is 1. The van der Waals surface area contributed by atoms with Crippen molar-refractivity contribution in [3.05, 3.63) is 29.0 Å². The van der Waals surface area contributed by atoms with Crippen LogP contribution in [0.4, 0.5) is 10.1 Å². The van der Waals surface area contributed by atoms with Gasteiger partial charge in [-0.1, -0.05) is 11.6 Å². The van der Waals surface area contributed by atoms with Gasteiger partial charge in [0, 0.05) is 44.3 Å². The first-order valence-electron chi connectivity index (χ1n) is 9.94. The van der Waals surface area contributed by atoms with Crippen LogP contribution in [0.25, 0.3) is 0 Å². The highest BCUT2D eigenvalue weighted by Crippen LogP contribution is 2.20. The lowest BCUT2D eigenvalue weighted by Gasteiger charge is -2.38. The zero-order chi connectivity index (χ0) is 20.1. The first-order valence-corrected chi connectivity index (χ1v) is 10.3. The molecule has 1 aromatic rings.